The summed E-state index contributed by atoms with van der Waals surface area (Å²) in [6, 6.07) is 0. The maximum atomic E-state index is 8.77. The fraction of sp³-hybridized carbons (Fsp3) is 0. The van der Waals surface area contributed by atoms with Crippen LogP contribution in [0.3, 0.4) is 0 Å². The van der Waals surface area contributed by atoms with Gasteiger partial charge in [-0.25, -0.2) is 0 Å². The predicted molar refractivity (Wildman–Crippen MR) is 38.5 cm³/mol. The van der Waals surface area contributed by atoms with Gasteiger partial charge in [-0.15, -0.1) is 0 Å². The molecule has 0 heterocycles. The van der Waals surface area contributed by atoms with Crippen molar-refractivity contribution in [2.75, 3.05) is 0 Å². The Labute approximate surface area is 93.8 Å². The maximum Gasteiger partial charge on any atom is 2.00 e. The van der Waals surface area contributed by atoms with Gasteiger partial charge in [-0.05, 0) is 0 Å². The first-order valence-electron chi connectivity index (χ1n) is 1.53. The van der Waals surface area contributed by atoms with Crippen LogP contribution in [-0.4, -0.2) is 41.5 Å². The van der Waals surface area contributed by atoms with Gasteiger partial charge in [-0.3, -0.25) is 9.13 Å². The molecule has 0 aromatic heterocycles. The van der Waals surface area contributed by atoms with Crippen LogP contribution in [0.5, 0.6) is 0 Å². The van der Waals surface area contributed by atoms with Gasteiger partial charge in [0.05, 0.1) is 0 Å². The first-order chi connectivity index (χ1) is 4.00. The van der Waals surface area contributed by atoms with E-state index < -0.39 is 15.6 Å². The summed E-state index contributed by atoms with van der Waals surface area (Å²) in [5.74, 6) is 0. The van der Waals surface area contributed by atoms with Gasteiger partial charge in [0.2, 0.25) is 0 Å². The molecule has 0 saturated carbocycles. The summed E-state index contributed by atoms with van der Waals surface area (Å²) in [5, 5.41) is 0. The summed E-state index contributed by atoms with van der Waals surface area (Å²) in [5.41, 5.74) is 0. The summed E-state index contributed by atoms with van der Waals surface area (Å²) in [6.45, 7) is 0. The third-order valence-corrected chi connectivity index (χ3v) is 0. The van der Waals surface area contributed by atoms with Gasteiger partial charge in [0.15, 0.2) is 0 Å². The number of phosphoric acid groups is 2. The largest absolute Gasteiger partial charge is 2.00 e. The molecule has 12 N–H and O–H groups in total. The van der Waals surface area contributed by atoms with Crippen LogP contribution < -0.4 is 9.79 Å². The first kappa shape index (κ1) is 45.0. The molecule has 0 saturated heterocycles. The molecule has 12 nitrogen and oxygen atoms in total. The smallest absolute Gasteiger partial charge is 0.756 e. The second kappa shape index (κ2) is 17.0. The fourth-order valence-corrected chi connectivity index (χ4v) is 0. The van der Waals surface area contributed by atoms with Crippen molar-refractivity contribution in [2.24, 2.45) is 0 Å². The van der Waals surface area contributed by atoms with E-state index in [1.54, 1.807) is 0 Å². The minimum Gasteiger partial charge on any atom is -0.756 e. The van der Waals surface area contributed by atoms with Crippen LogP contribution in [0.1, 0.15) is 0 Å². The van der Waals surface area contributed by atoms with Gasteiger partial charge in [-0.2, -0.15) is 0 Å². The van der Waals surface area contributed by atoms with Crippen molar-refractivity contribution in [1.82, 2.24) is 0 Å². The molecule has 0 amide bonds. The zero-order valence-electron chi connectivity index (χ0n) is 6.69. The van der Waals surface area contributed by atoms with Gasteiger partial charge >= 0.3 is 17.1 Å². The third-order valence-electron chi connectivity index (χ3n) is 0. The molecule has 15 heavy (non-hydrogen) atoms. The SMILES string of the molecule is O.O.O.O.O=P([O-])(O)O.O=P([O-])(O)O.[Mn+2]. The van der Waals surface area contributed by atoms with E-state index >= 15 is 0 Å². The Hall–Kier alpha value is 0.579. The number of hydrogen-bond donors (Lipinski definition) is 4. The summed E-state index contributed by atoms with van der Waals surface area (Å²) < 4.78 is 17.5. The molecule has 0 aliphatic heterocycles. The first-order valence-corrected chi connectivity index (χ1v) is 4.59. The van der Waals surface area contributed by atoms with E-state index in [4.69, 9.17) is 38.5 Å². The quantitative estimate of drug-likeness (QED) is 0.245. The molecule has 0 spiro atoms. The van der Waals surface area contributed by atoms with E-state index in [0.717, 1.165) is 0 Å². The van der Waals surface area contributed by atoms with Crippen LogP contribution in [0, 0.1) is 0 Å². The standard InChI is InChI=1S/Mn.2H3O4P.4H2O/c;2*1-5(2,3)4;;;;/h;2*(H3,1,2,3,4);4*1H2/q+2;;;;;;/p-2. The van der Waals surface area contributed by atoms with Crippen LogP contribution >= 0.6 is 15.6 Å². The average molecular weight is 321 g/mol. The molecular formula is H12MnO12P2. The average Bonchev–Trinajstić information content (AvgIpc) is 1.12. The van der Waals surface area contributed by atoms with Gasteiger partial charge in [0, 0.05) is 0 Å². The van der Waals surface area contributed by atoms with Crippen LogP contribution in [0.2, 0.25) is 0 Å². The zero-order chi connectivity index (χ0) is 9.00. The van der Waals surface area contributed by atoms with Crippen molar-refractivity contribution < 1.29 is 77.5 Å². The zero-order valence-corrected chi connectivity index (χ0v) is 9.66. The van der Waals surface area contributed by atoms with E-state index in [-0.39, 0.29) is 39.0 Å². The summed E-state index contributed by atoms with van der Waals surface area (Å²) in [4.78, 5) is 45.8. The second-order valence-corrected chi connectivity index (χ2v) is 2.94. The Morgan fingerprint density at radius 3 is 0.667 bits per heavy atom. The van der Waals surface area contributed by atoms with E-state index in [9.17, 15) is 0 Å². The van der Waals surface area contributed by atoms with Crippen molar-refractivity contribution in [3.63, 3.8) is 0 Å². The Morgan fingerprint density at radius 2 is 0.667 bits per heavy atom. The third kappa shape index (κ3) is 6870. The van der Waals surface area contributed by atoms with Gasteiger partial charge in [0.25, 0.3) is 15.6 Å². The molecule has 0 aromatic rings. The predicted octanol–water partition coefficient (Wildman–Crippen LogP) is -6.42. The van der Waals surface area contributed by atoms with Gasteiger partial charge in [-0.1, -0.05) is 0 Å². The summed E-state index contributed by atoms with van der Waals surface area (Å²) in [6.07, 6.45) is 0. The Bertz CT molecular complexity index is 126. The van der Waals surface area contributed by atoms with Crippen molar-refractivity contribution in [2.45, 2.75) is 0 Å². The minimum atomic E-state index is -4.89. The molecule has 0 fully saturated rings. The molecular weight excluding hydrogens is 309 g/mol. The van der Waals surface area contributed by atoms with Crippen molar-refractivity contribution in [1.29, 1.82) is 0 Å². The molecule has 0 unspecified atom stereocenters. The van der Waals surface area contributed by atoms with E-state index in [1.807, 2.05) is 0 Å². The minimum absolute atomic E-state index is 0. The summed E-state index contributed by atoms with van der Waals surface area (Å²) in [7, 11) is -9.78. The van der Waals surface area contributed by atoms with E-state index in [0.29, 0.717) is 0 Å². The monoisotopic (exact) mass is 321 g/mol. The summed E-state index contributed by atoms with van der Waals surface area (Å²) >= 11 is 0. The van der Waals surface area contributed by atoms with Gasteiger partial charge < -0.3 is 51.3 Å². The topological polar surface area (TPSA) is 287 Å². The molecule has 0 aliphatic carbocycles. The Kier molecular flexibility index (Phi) is 51.0. The molecule has 0 aliphatic rings. The molecule has 0 bridgehead atoms. The second-order valence-electron chi connectivity index (χ2n) is 0.981. The van der Waals surface area contributed by atoms with Crippen LogP contribution in [0.4, 0.5) is 0 Å². The normalized spacial score (nSPS) is 7.87. The maximum absolute atomic E-state index is 8.77. The van der Waals surface area contributed by atoms with Crippen molar-refractivity contribution in [3.8, 4) is 0 Å². The van der Waals surface area contributed by atoms with Crippen LogP contribution in [0.15, 0.2) is 0 Å². The Morgan fingerprint density at radius 1 is 0.667 bits per heavy atom. The fourth-order valence-electron chi connectivity index (χ4n) is 0. The molecule has 15 heteroatoms. The number of hydrogen-bond acceptors (Lipinski definition) is 4. The van der Waals surface area contributed by atoms with Crippen molar-refractivity contribution >= 4 is 15.6 Å². The Balaban J connectivity index is -0.0000000128. The van der Waals surface area contributed by atoms with E-state index in [2.05, 4.69) is 0 Å². The molecule has 0 aromatic carbocycles. The van der Waals surface area contributed by atoms with Crippen molar-refractivity contribution in [3.05, 3.63) is 0 Å². The molecule has 101 valence electrons. The van der Waals surface area contributed by atoms with Crippen LogP contribution in [-0.2, 0) is 26.2 Å². The van der Waals surface area contributed by atoms with Crippen LogP contribution in [0.25, 0.3) is 0 Å². The van der Waals surface area contributed by atoms with Gasteiger partial charge in [0.1, 0.15) is 0 Å². The molecule has 0 rings (SSSR count). The molecule has 0 atom stereocenters. The number of rotatable bonds is 0. The van der Waals surface area contributed by atoms with E-state index in [1.165, 1.54) is 0 Å². The molecule has 1 radical (unpaired) electrons.